The van der Waals surface area contributed by atoms with Gasteiger partial charge in [-0.1, -0.05) is 6.07 Å². The van der Waals surface area contributed by atoms with Crippen LogP contribution in [-0.2, 0) is 7.05 Å². The predicted octanol–water partition coefficient (Wildman–Crippen LogP) is 2.85. The number of benzene rings is 1. The molecule has 0 saturated heterocycles. The van der Waals surface area contributed by atoms with Gasteiger partial charge in [0.25, 0.3) is 5.91 Å². The van der Waals surface area contributed by atoms with Crippen molar-refractivity contribution in [2.75, 3.05) is 13.2 Å². The summed E-state index contributed by atoms with van der Waals surface area (Å²) in [5.74, 6) is 1.30. The molecule has 3 aromatic rings. The third-order valence-electron chi connectivity index (χ3n) is 4.76. The monoisotopic (exact) mass is 366 g/mol. The molecule has 27 heavy (non-hydrogen) atoms. The number of nitrogens with zero attached hydrogens (tertiary/aromatic N) is 3. The maximum atomic E-state index is 13.0. The van der Waals surface area contributed by atoms with Gasteiger partial charge >= 0.3 is 0 Å². The second-order valence-corrected chi connectivity index (χ2v) is 6.82. The second kappa shape index (κ2) is 6.57. The molecule has 0 aliphatic carbocycles. The van der Waals surface area contributed by atoms with Crippen LogP contribution in [0.5, 0.6) is 11.5 Å². The molecule has 1 aliphatic heterocycles. The summed E-state index contributed by atoms with van der Waals surface area (Å²) in [6.07, 6.45) is 0. The van der Waals surface area contributed by atoms with Gasteiger partial charge in [-0.25, -0.2) is 4.98 Å². The number of nitrogens with one attached hydrogen (secondary N) is 1. The fourth-order valence-electron chi connectivity index (χ4n) is 3.44. The van der Waals surface area contributed by atoms with Gasteiger partial charge in [0.1, 0.15) is 13.2 Å². The first-order valence-electron chi connectivity index (χ1n) is 8.95. The van der Waals surface area contributed by atoms with E-state index >= 15 is 0 Å². The Morgan fingerprint density at radius 2 is 1.93 bits per heavy atom. The highest BCUT2D eigenvalue weighted by Crippen LogP contribution is 2.32. The van der Waals surface area contributed by atoms with E-state index in [1.165, 1.54) is 0 Å². The minimum absolute atomic E-state index is 0.149. The van der Waals surface area contributed by atoms with Crippen molar-refractivity contribution in [1.29, 1.82) is 0 Å². The first-order chi connectivity index (χ1) is 12.9. The van der Waals surface area contributed by atoms with E-state index < -0.39 is 0 Å². The molecule has 1 amide bonds. The van der Waals surface area contributed by atoms with Gasteiger partial charge in [0.15, 0.2) is 17.1 Å². The lowest BCUT2D eigenvalue weighted by Crippen LogP contribution is -2.27. The SMILES string of the molecule is Cc1cc(C(=O)N[C@@H](C)c2ccc3c(c2)OCCO3)c2c(C)nn(C)c2n1. The van der Waals surface area contributed by atoms with E-state index in [2.05, 4.69) is 15.4 Å². The van der Waals surface area contributed by atoms with E-state index in [0.717, 1.165) is 28.1 Å². The molecule has 2 aromatic heterocycles. The van der Waals surface area contributed by atoms with Gasteiger partial charge in [-0.2, -0.15) is 5.10 Å². The first-order valence-corrected chi connectivity index (χ1v) is 8.95. The number of pyridine rings is 1. The van der Waals surface area contributed by atoms with Gasteiger partial charge in [-0.05, 0) is 44.5 Å². The molecule has 0 bridgehead atoms. The van der Waals surface area contributed by atoms with Crippen molar-refractivity contribution < 1.29 is 14.3 Å². The van der Waals surface area contributed by atoms with Crippen LogP contribution in [-0.4, -0.2) is 33.9 Å². The summed E-state index contributed by atoms with van der Waals surface area (Å²) in [6, 6.07) is 7.37. The van der Waals surface area contributed by atoms with Crippen LogP contribution in [0.25, 0.3) is 11.0 Å². The summed E-state index contributed by atoms with van der Waals surface area (Å²) in [5.41, 5.74) is 3.83. The zero-order valence-corrected chi connectivity index (χ0v) is 15.9. The van der Waals surface area contributed by atoms with E-state index in [-0.39, 0.29) is 11.9 Å². The molecule has 4 rings (SSSR count). The van der Waals surface area contributed by atoms with Gasteiger partial charge in [-0.3, -0.25) is 9.48 Å². The van der Waals surface area contributed by atoms with Gasteiger partial charge in [-0.15, -0.1) is 0 Å². The number of aryl methyl sites for hydroxylation is 3. The van der Waals surface area contributed by atoms with E-state index in [1.54, 1.807) is 4.68 Å². The molecule has 0 spiro atoms. The average Bonchev–Trinajstić information content (AvgIpc) is 2.94. The molecule has 1 aromatic carbocycles. The lowest BCUT2D eigenvalue weighted by molar-refractivity contribution is 0.0941. The van der Waals surface area contributed by atoms with E-state index in [4.69, 9.17) is 9.47 Å². The summed E-state index contributed by atoms with van der Waals surface area (Å²) in [6.45, 7) is 6.81. The summed E-state index contributed by atoms with van der Waals surface area (Å²) in [7, 11) is 1.83. The van der Waals surface area contributed by atoms with E-state index in [9.17, 15) is 4.79 Å². The Bertz CT molecular complexity index is 1040. The van der Waals surface area contributed by atoms with Crippen LogP contribution in [0, 0.1) is 13.8 Å². The van der Waals surface area contributed by atoms with Gasteiger partial charge in [0.2, 0.25) is 0 Å². The highest BCUT2D eigenvalue weighted by atomic mass is 16.6. The minimum atomic E-state index is -0.186. The van der Waals surface area contributed by atoms with Crippen LogP contribution < -0.4 is 14.8 Å². The zero-order valence-electron chi connectivity index (χ0n) is 15.9. The third-order valence-corrected chi connectivity index (χ3v) is 4.76. The number of carbonyl (C=O) groups is 1. The molecule has 140 valence electrons. The van der Waals surface area contributed by atoms with Crippen LogP contribution >= 0.6 is 0 Å². The smallest absolute Gasteiger partial charge is 0.252 e. The van der Waals surface area contributed by atoms with Crippen molar-refractivity contribution in [3.05, 3.63) is 46.8 Å². The predicted molar refractivity (Wildman–Crippen MR) is 101 cm³/mol. The van der Waals surface area contributed by atoms with Crippen molar-refractivity contribution in [1.82, 2.24) is 20.1 Å². The number of aromatic nitrogens is 3. The number of carbonyl (C=O) groups excluding carboxylic acids is 1. The maximum absolute atomic E-state index is 13.0. The highest BCUT2D eigenvalue weighted by Gasteiger charge is 2.20. The number of ether oxygens (including phenoxy) is 2. The maximum Gasteiger partial charge on any atom is 0.252 e. The Balaban J connectivity index is 1.63. The molecule has 1 aliphatic rings. The molecular weight excluding hydrogens is 344 g/mol. The zero-order chi connectivity index (χ0) is 19.1. The molecule has 7 heteroatoms. The molecule has 1 N–H and O–H groups in total. The number of hydrogen-bond donors (Lipinski definition) is 1. The quantitative estimate of drug-likeness (QED) is 0.771. The van der Waals surface area contributed by atoms with Crippen LogP contribution in [0.2, 0.25) is 0 Å². The van der Waals surface area contributed by atoms with Crippen molar-refractivity contribution in [2.24, 2.45) is 7.05 Å². The Morgan fingerprint density at radius 1 is 1.19 bits per heavy atom. The standard InChI is InChI=1S/C20H22N4O3/c1-11-9-15(18-13(3)23-24(4)19(18)21-11)20(25)22-12(2)14-5-6-16-17(10-14)27-8-7-26-16/h5-6,9-10,12H,7-8H2,1-4H3,(H,22,25)/t12-/m0/s1. The fourth-order valence-corrected chi connectivity index (χ4v) is 3.44. The lowest BCUT2D eigenvalue weighted by Gasteiger charge is -2.21. The summed E-state index contributed by atoms with van der Waals surface area (Å²) in [4.78, 5) is 17.5. The highest BCUT2D eigenvalue weighted by molar-refractivity contribution is 6.06. The molecule has 0 saturated carbocycles. The normalized spacial score (nSPS) is 14.2. The lowest BCUT2D eigenvalue weighted by atomic mass is 10.1. The molecule has 3 heterocycles. The molecule has 1 atom stereocenters. The summed E-state index contributed by atoms with van der Waals surface area (Å²) < 4.78 is 12.9. The largest absolute Gasteiger partial charge is 0.486 e. The number of rotatable bonds is 3. The van der Waals surface area contributed by atoms with E-state index in [0.29, 0.717) is 30.2 Å². The topological polar surface area (TPSA) is 78.3 Å². The van der Waals surface area contributed by atoms with Crippen molar-refractivity contribution in [2.45, 2.75) is 26.8 Å². The number of hydrogen-bond acceptors (Lipinski definition) is 5. The Hall–Kier alpha value is -3.09. The minimum Gasteiger partial charge on any atom is -0.486 e. The molecule has 0 unspecified atom stereocenters. The number of fused-ring (bicyclic) bond motifs is 2. The van der Waals surface area contributed by atoms with Crippen LogP contribution in [0.15, 0.2) is 24.3 Å². The second-order valence-electron chi connectivity index (χ2n) is 6.82. The fraction of sp³-hybridized carbons (Fsp3) is 0.350. The van der Waals surface area contributed by atoms with Gasteiger partial charge in [0, 0.05) is 12.7 Å². The molecule has 0 radical (unpaired) electrons. The molecular formula is C20H22N4O3. The Kier molecular flexibility index (Phi) is 4.22. The Labute approximate surface area is 157 Å². The van der Waals surface area contributed by atoms with Gasteiger partial charge < -0.3 is 14.8 Å². The summed E-state index contributed by atoms with van der Waals surface area (Å²) >= 11 is 0. The van der Waals surface area contributed by atoms with Gasteiger partial charge in [0.05, 0.1) is 22.7 Å². The average molecular weight is 366 g/mol. The van der Waals surface area contributed by atoms with Crippen LogP contribution in [0.4, 0.5) is 0 Å². The number of amides is 1. The molecule has 0 fully saturated rings. The van der Waals surface area contributed by atoms with Crippen molar-refractivity contribution in [3.8, 4) is 11.5 Å². The van der Waals surface area contributed by atoms with Crippen LogP contribution in [0.1, 0.15) is 40.3 Å². The Morgan fingerprint density at radius 3 is 2.70 bits per heavy atom. The van der Waals surface area contributed by atoms with E-state index in [1.807, 2.05) is 52.1 Å². The first kappa shape index (κ1) is 17.3. The van der Waals surface area contributed by atoms with Crippen LogP contribution in [0.3, 0.4) is 0 Å². The van der Waals surface area contributed by atoms with Crippen molar-refractivity contribution in [3.63, 3.8) is 0 Å². The third kappa shape index (κ3) is 3.09. The molecule has 7 nitrogen and oxygen atoms in total. The summed E-state index contributed by atoms with van der Waals surface area (Å²) in [5, 5.41) is 8.27. The van der Waals surface area contributed by atoms with Crippen molar-refractivity contribution >= 4 is 16.9 Å².